The summed E-state index contributed by atoms with van der Waals surface area (Å²) in [5.74, 6) is 2.76. The van der Waals surface area contributed by atoms with Gasteiger partial charge in [0.25, 0.3) is 0 Å². The molecule has 0 amide bonds. The molecule has 2 heteroatoms. The fraction of sp³-hybridized carbons (Fsp3) is 0.833. The SMILES string of the molecule is C#CCN1CC(CCC)NCC1CC. The van der Waals surface area contributed by atoms with Crippen molar-refractivity contribution < 1.29 is 0 Å². The van der Waals surface area contributed by atoms with Gasteiger partial charge in [-0.25, -0.2) is 0 Å². The van der Waals surface area contributed by atoms with Crippen molar-refractivity contribution in [2.75, 3.05) is 19.6 Å². The summed E-state index contributed by atoms with van der Waals surface area (Å²) in [6.45, 7) is 7.49. The van der Waals surface area contributed by atoms with Gasteiger partial charge in [0.1, 0.15) is 0 Å². The molecule has 0 aromatic rings. The summed E-state index contributed by atoms with van der Waals surface area (Å²) >= 11 is 0. The van der Waals surface area contributed by atoms with Gasteiger partial charge in [-0.05, 0) is 12.8 Å². The van der Waals surface area contributed by atoms with Gasteiger partial charge in [0, 0.05) is 25.2 Å². The largest absolute Gasteiger partial charge is 0.311 e. The van der Waals surface area contributed by atoms with Crippen LogP contribution in [0.2, 0.25) is 0 Å². The lowest BCUT2D eigenvalue weighted by molar-refractivity contribution is 0.140. The first-order chi connectivity index (χ1) is 6.81. The molecule has 0 aromatic heterocycles. The molecular weight excluding hydrogens is 172 g/mol. The molecular formula is C12H22N2. The second-order valence-corrected chi connectivity index (χ2v) is 4.09. The average Bonchev–Trinajstić information content (AvgIpc) is 2.19. The number of hydrogen-bond donors (Lipinski definition) is 1. The Balaban J connectivity index is 2.44. The first-order valence-electron chi connectivity index (χ1n) is 5.72. The highest BCUT2D eigenvalue weighted by Gasteiger charge is 2.25. The summed E-state index contributed by atoms with van der Waals surface area (Å²) < 4.78 is 0. The van der Waals surface area contributed by atoms with E-state index in [1.165, 1.54) is 19.3 Å². The van der Waals surface area contributed by atoms with Crippen molar-refractivity contribution in [3.05, 3.63) is 0 Å². The molecule has 1 saturated heterocycles. The molecule has 0 aliphatic carbocycles. The molecule has 1 aliphatic heterocycles. The van der Waals surface area contributed by atoms with Crippen molar-refractivity contribution >= 4 is 0 Å². The van der Waals surface area contributed by atoms with E-state index in [9.17, 15) is 0 Å². The van der Waals surface area contributed by atoms with E-state index in [1.807, 2.05) is 0 Å². The summed E-state index contributed by atoms with van der Waals surface area (Å²) in [6.07, 6.45) is 9.08. The quantitative estimate of drug-likeness (QED) is 0.682. The van der Waals surface area contributed by atoms with Crippen LogP contribution in [0.4, 0.5) is 0 Å². The van der Waals surface area contributed by atoms with E-state index in [1.54, 1.807) is 0 Å². The number of rotatable bonds is 4. The Morgan fingerprint density at radius 1 is 1.50 bits per heavy atom. The molecule has 2 atom stereocenters. The van der Waals surface area contributed by atoms with Gasteiger partial charge in [-0.2, -0.15) is 0 Å². The highest BCUT2D eigenvalue weighted by atomic mass is 15.2. The predicted octanol–water partition coefficient (Wildman–Crippen LogP) is 1.47. The van der Waals surface area contributed by atoms with E-state index in [-0.39, 0.29) is 0 Å². The van der Waals surface area contributed by atoms with Crippen LogP contribution in [-0.4, -0.2) is 36.6 Å². The monoisotopic (exact) mass is 194 g/mol. The maximum atomic E-state index is 5.38. The van der Waals surface area contributed by atoms with Crippen LogP contribution in [0.5, 0.6) is 0 Å². The third-order valence-electron chi connectivity index (χ3n) is 3.02. The Morgan fingerprint density at radius 2 is 2.29 bits per heavy atom. The smallest absolute Gasteiger partial charge is 0.0602 e. The number of hydrogen-bond acceptors (Lipinski definition) is 2. The zero-order valence-electron chi connectivity index (χ0n) is 9.42. The van der Waals surface area contributed by atoms with Gasteiger partial charge in [0.15, 0.2) is 0 Å². The van der Waals surface area contributed by atoms with Gasteiger partial charge in [-0.1, -0.05) is 26.2 Å². The van der Waals surface area contributed by atoms with Crippen molar-refractivity contribution in [2.24, 2.45) is 0 Å². The predicted molar refractivity (Wildman–Crippen MR) is 61.2 cm³/mol. The van der Waals surface area contributed by atoms with Crippen LogP contribution in [0.15, 0.2) is 0 Å². The minimum absolute atomic E-state index is 0.638. The molecule has 0 spiro atoms. The topological polar surface area (TPSA) is 15.3 Å². The lowest BCUT2D eigenvalue weighted by Crippen LogP contribution is -2.56. The summed E-state index contributed by atoms with van der Waals surface area (Å²) in [5, 5.41) is 3.60. The number of nitrogens with one attached hydrogen (secondary N) is 1. The second-order valence-electron chi connectivity index (χ2n) is 4.09. The number of piperazine rings is 1. The highest BCUT2D eigenvalue weighted by molar-refractivity contribution is 4.94. The number of terminal acetylenes is 1. The molecule has 0 aromatic carbocycles. The minimum atomic E-state index is 0.638. The second kappa shape index (κ2) is 6.06. The molecule has 80 valence electrons. The van der Waals surface area contributed by atoms with Gasteiger partial charge in [0.2, 0.25) is 0 Å². The molecule has 1 N–H and O–H groups in total. The molecule has 1 rings (SSSR count). The molecule has 14 heavy (non-hydrogen) atoms. The van der Waals surface area contributed by atoms with Crippen LogP contribution in [0.3, 0.4) is 0 Å². The van der Waals surface area contributed by atoms with Crippen LogP contribution < -0.4 is 5.32 Å². The zero-order chi connectivity index (χ0) is 10.4. The average molecular weight is 194 g/mol. The van der Waals surface area contributed by atoms with Crippen LogP contribution >= 0.6 is 0 Å². The van der Waals surface area contributed by atoms with Crippen molar-refractivity contribution in [2.45, 2.75) is 45.2 Å². The molecule has 0 saturated carbocycles. The maximum Gasteiger partial charge on any atom is 0.0602 e. The zero-order valence-corrected chi connectivity index (χ0v) is 9.42. The summed E-state index contributed by atoms with van der Waals surface area (Å²) in [5.41, 5.74) is 0. The van der Waals surface area contributed by atoms with Gasteiger partial charge < -0.3 is 5.32 Å². The molecule has 2 unspecified atom stereocenters. The van der Waals surface area contributed by atoms with E-state index >= 15 is 0 Å². The van der Waals surface area contributed by atoms with Gasteiger partial charge in [-0.15, -0.1) is 6.42 Å². The fourth-order valence-corrected chi connectivity index (χ4v) is 2.18. The number of nitrogens with zero attached hydrogens (tertiary/aromatic N) is 1. The molecule has 1 heterocycles. The normalized spacial score (nSPS) is 28.6. The molecule has 2 nitrogen and oxygen atoms in total. The van der Waals surface area contributed by atoms with Crippen LogP contribution in [0, 0.1) is 12.3 Å². The van der Waals surface area contributed by atoms with Crippen molar-refractivity contribution in [1.82, 2.24) is 10.2 Å². The van der Waals surface area contributed by atoms with E-state index in [2.05, 4.69) is 30.0 Å². The maximum absolute atomic E-state index is 5.38. The lowest BCUT2D eigenvalue weighted by atomic mass is 10.0. The van der Waals surface area contributed by atoms with E-state index in [0.717, 1.165) is 19.6 Å². The van der Waals surface area contributed by atoms with E-state index in [4.69, 9.17) is 6.42 Å². The Hall–Kier alpha value is -0.520. The van der Waals surface area contributed by atoms with E-state index in [0.29, 0.717) is 12.1 Å². The Bertz CT molecular complexity index is 195. The molecule has 1 aliphatic rings. The lowest BCUT2D eigenvalue weighted by Gasteiger charge is -2.39. The van der Waals surface area contributed by atoms with E-state index < -0.39 is 0 Å². The summed E-state index contributed by atoms with van der Waals surface area (Å²) in [4.78, 5) is 2.44. The molecule has 0 bridgehead atoms. The fourth-order valence-electron chi connectivity index (χ4n) is 2.18. The van der Waals surface area contributed by atoms with Crippen molar-refractivity contribution in [3.8, 4) is 12.3 Å². The Labute approximate surface area is 88.1 Å². The first kappa shape index (κ1) is 11.6. The summed E-state index contributed by atoms with van der Waals surface area (Å²) in [6, 6.07) is 1.29. The molecule has 1 fully saturated rings. The van der Waals surface area contributed by atoms with Crippen molar-refractivity contribution in [3.63, 3.8) is 0 Å². The highest BCUT2D eigenvalue weighted by Crippen LogP contribution is 2.12. The van der Waals surface area contributed by atoms with Gasteiger partial charge in [0.05, 0.1) is 6.54 Å². The van der Waals surface area contributed by atoms with Crippen molar-refractivity contribution in [1.29, 1.82) is 0 Å². The van der Waals surface area contributed by atoms with Crippen LogP contribution in [0.25, 0.3) is 0 Å². The molecule has 0 radical (unpaired) electrons. The Morgan fingerprint density at radius 3 is 2.86 bits per heavy atom. The van der Waals surface area contributed by atoms with Gasteiger partial charge in [-0.3, -0.25) is 4.90 Å². The van der Waals surface area contributed by atoms with Crippen LogP contribution in [-0.2, 0) is 0 Å². The minimum Gasteiger partial charge on any atom is -0.311 e. The Kier molecular flexibility index (Phi) is 5.00. The summed E-state index contributed by atoms with van der Waals surface area (Å²) in [7, 11) is 0. The van der Waals surface area contributed by atoms with Crippen LogP contribution in [0.1, 0.15) is 33.1 Å². The third-order valence-corrected chi connectivity index (χ3v) is 3.02. The first-order valence-corrected chi connectivity index (χ1v) is 5.72. The standard InChI is InChI=1S/C12H22N2/c1-4-7-11-10-14(8-5-2)12(6-3)9-13-11/h2,11-13H,4,6-10H2,1,3H3. The van der Waals surface area contributed by atoms with Gasteiger partial charge >= 0.3 is 0 Å². The third kappa shape index (κ3) is 3.01.